The van der Waals surface area contributed by atoms with Gasteiger partial charge in [-0.3, -0.25) is 4.79 Å². The molecule has 0 spiro atoms. The van der Waals surface area contributed by atoms with Crippen LogP contribution < -0.4 is 10.6 Å². The van der Waals surface area contributed by atoms with E-state index in [4.69, 9.17) is 4.74 Å². The van der Waals surface area contributed by atoms with Crippen LogP contribution in [0.1, 0.15) is 40.0 Å². The molecule has 4 nitrogen and oxygen atoms in total. The van der Waals surface area contributed by atoms with E-state index in [1.165, 1.54) is 0 Å². The van der Waals surface area contributed by atoms with Crippen LogP contribution in [0.4, 0.5) is 0 Å². The maximum Gasteiger partial charge on any atom is 0.246 e. The minimum atomic E-state index is 0.00153. The third kappa shape index (κ3) is 4.49. The Morgan fingerprint density at radius 3 is 2.81 bits per heavy atom. The first-order valence-electron chi connectivity index (χ1n) is 6.26. The van der Waals surface area contributed by atoms with Gasteiger partial charge in [0.05, 0.1) is 0 Å². The molecule has 16 heavy (non-hydrogen) atoms. The summed E-state index contributed by atoms with van der Waals surface area (Å²) in [6.45, 7) is 7.17. The van der Waals surface area contributed by atoms with Crippen LogP contribution in [0.15, 0.2) is 0 Å². The lowest BCUT2D eigenvalue weighted by Crippen LogP contribution is -2.55. The van der Waals surface area contributed by atoms with Crippen molar-refractivity contribution in [2.75, 3.05) is 13.2 Å². The number of carbonyl (C=O) groups is 1. The predicted molar refractivity (Wildman–Crippen MR) is 64.3 cm³/mol. The molecule has 0 saturated carbocycles. The van der Waals surface area contributed by atoms with Gasteiger partial charge in [-0.2, -0.15) is 0 Å². The number of hydrogen-bond donors (Lipinski definition) is 2. The molecule has 1 rings (SSSR count). The quantitative estimate of drug-likeness (QED) is 0.692. The van der Waals surface area contributed by atoms with Gasteiger partial charge in [0.25, 0.3) is 0 Å². The van der Waals surface area contributed by atoms with Crippen LogP contribution in [-0.2, 0) is 9.53 Å². The minimum absolute atomic E-state index is 0.00153. The van der Waals surface area contributed by atoms with Crippen molar-refractivity contribution < 1.29 is 9.53 Å². The normalized spacial score (nSPS) is 30.1. The lowest BCUT2D eigenvalue weighted by Gasteiger charge is -2.34. The first-order chi connectivity index (χ1) is 7.63. The van der Waals surface area contributed by atoms with Crippen LogP contribution in [0.2, 0.25) is 0 Å². The third-order valence-electron chi connectivity index (χ3n) is 2.99. The molecular weight excluding hydrogens is 204 g/mol. The van der Waals surface area contributed by atoms with Gasteiger partial charge >= 0.3 is 0 Å². The van der Waals surface area contributed by atoms with Crippen LogP contribution in [-0.4, -0.2) is 37.2 Å². The molecule has 0 radical (unpaired) electrons. The molecule has 3 unspecified atom stereocenters. The Hall–Kier alpha value is -0.610. The second-order valence-electron chi connectivity index (χ2n) is 4.66. The molecule has 1 saturated heterocycles. The van der Waals surface area contributed by atoms with Crippen molar-refractivity contribution in [1.82, 2.24) is 10.6 Å². The summed E-state index contributed by atoms with van der Waals surface area (Å²) >= 11 is 0. The summed E-state index contributed by atoms with van der Waals surface area (Å²) in [4.78, 5) is 11.5. The topological polar surface area (TPSA) is 50.4 Å². The van der Waals surface area contributed by atoms with Gasteiger partial charge in [0, 0.05) is 24.7 Å². The highest BCUT2D eigenvalue weighted by Crippen LogP contribution is 2.12. The Bertz CT molecular complexity index is 221. The number of piperidine rings is 1. The van der Waals surface area contributed by atoms with Crippen molar-refractivity contribution in [3.63, 3.8) is 0 Å². The lowest BCUT2D eigenvalue weighted by molar-refractivity contribution is -0.126. The van der Waals surface area contributed by atoms with E-state index in [0.717, 1.165) is 19.3 Å². The van der Waals surface area contributed by atoms with Gasteiger partial charge in [0.2, 0.25) is 5.91 Å². The molecule has 1 aliphatic heterocycles. The molecule has 3 atom stereocenters. The van der Waals surface area contributed by atoms with Crippen LogP contribution in [0, 0.1) is 0 Å². The summed E-state index contributed by atoms with van der Waals surface area (Å²) in [5.74, 6) is 0.00153. The number of hydrogen-bond acceptors (Lipinski definition) is 3. The lowest BCUT2D eigenvalue weighted by atomic mass is 9.95. The van der Waals surface area contributed by atoms with Crippen molar-refractivity contribution in [3.05, 3.63) is 0 Å². The summed E-state index contributed by atoms with van der Waals surface area (Å²) in [6.07, 6.45) is 3.12. The zero-order chi connectivity index (χ0) is 12.0. The smallest absolute Gasteiger partial charge is 0.246 e. The molecule has 0 bridgehead atoms. The zero-order valence-electron chi connectivity index (χ0n) is 10.6. The summed E-state index contributed by atoms with van der Waals surface area (Å²) < 4.78 is 5.21. The molecule has 1 aliphatic rings. The van der Waals surface area contributed by atoms with E-state index < -0.39 is 0 Å². The first kappa shape index (κ1) is 13.5. The largest absolute Gasteiger partial charge is 0.372 e. The molecule has 4 heteroatoms. The fraction of sp³-hybridized carbons (Fsp3) is 0.917. The Labute approximate surface area is 98.1 Å². The Morgan fingerprint density at radius 1 is 1.44 bits per heavy atom. The predicted octanol–water partition coefficient (Wildman–Crippen LogP) is 1.06. The molecule has 1 fully saturated rings. The Balaban J connectivity index is 2.22. The van der Waals surface area contributed by atoms with Gasteiger partial charge < -0.3 is 15.4 Å². The average molecular weight is 228 g/mol. The summed E-state index contributed by atoms with van der Waals surface area (Å²) in [5.41, 5.74) is 0. The summed E-state index contributed by atoms with van der Waals surface area (Å²) in [6, 6.07) is 1.15. The van der Waals surface area contributed by atoms with E-state index >= 15 is 0 Å². The number of rotatable bonds is 5. The fourth-order valence-corrected chi connectivity index (χ4v) is 2.08. The highest BCUT2D eigenvalue weighted by Gasteiger charge is 2.25. The molecule has 1 amide bonds. The zero-order valence-corrected chi connectivity index (χ0v) is 10.6. The van der Waals surface area contributed by atoms with E-state index in [1.54, 1.807) is 0 Å². The SMILES string of the molecule is CCCOCC(=O)NC1CCC(C)NC1C. The van der Waals surface area contributed by atoms with E-state index in [1.807, 2.05) is 6.92 Å². The Morgan fingerprint density at radius 2 is 2.19 bits per heavy atom. The van der Waals surface area contributed by atoms with Crippen molar-refractivity contribution in [3.8, 4) is 0 Å². The molecule has 0 aliphatic carbocycles. The summed E-state index contributed by atoms with van der Waals surface area (Å²) in [7, 11) is 0. The molecule has 0 aromatic carbocycles. The molecule has 94 valence electrons. The maximum absolute atomic E-state index is 11.5. The molecule has 2 N–H and O–H groups in total. The second kappa shape index (κ2) is 6.86. The van der Waals surface area contributed by atoms with Crippen LogP contribution >= 0.6 is 0 Å². The van der Waals surface area contributed by atoms with Gasteiger partial charge in [-0.15, -0.1) is 0 Å². The molecular formula is C12H24N2O2. The van der Waals surface area contributed by atoms with Crippen molar-refractivity contribution >= 4 is 5.91 Å². The van der Waals surface area contributed by atoms with Gasteiger partial charge in [-0.1, -0.05) is 6.92 Å². The number of carbonyl (C=O) groups excluding carboxylic acids is 1. The number of nitrogens with one attached hydrogen (secondary N) is 2. The van der Waals surface area contributed by atoms with Crippen LogP contribution in [0.3, 0.4) is 0 Å². The first-order valence-corrected chi connectivity index (χ1v) is 6.26. The van der Waals surface area contributed by atoms with Crippen molar-refractivity contribution in [1.29, 1.82) is 0 Å². The number of amides is 1. The van der Waals surface area contributed by atoms with Gasteiger partial charge in [0.1, 0.15) is 6.61 Å². The van der Waals surface area contributed by atoms with Crippen LogP contribution in [0.25, 0.3) is 0 Å². The van der Waals surface area contributed by atoms with Gasteiger partial charge in [0.15, 0.2) is 0 Å². The molecule has 0 aromatic heterocycles. The molecule has 0 aromatic rings. The standard InChI is InChI=1S/C12H24N2O2/c1-4-7-16-8-12(15)14-11-6-5-9(2)13-10(11)3/h9-11,13H,4-8H2,1-3H3,(H,14,15). The minimum Gasteiger partial charge on any atom is -0.372 e. The highest BCUT2D eigenvalue weighted by molar-refractivity contribution is 5.77. The van der Waals surface area contributed by atoms with Crippen LogP contribution in [0.5, 0.6) is 0 Å². The monoisotopic (exact) mass is 228 g/mol. The summed E-state index contributed by atoms with van der Waals surface area (Å²) in [5, 5.41) is 6.47. The number of ether oxygens (including phenoxy) is 1. The van der Waals surface area contributed by atoms with E-state index in [9.17, 15) is 4.79 Å². The van der Waals surface area contributed by atoms with E-state index in [0.29, 0.717) is 18.7 Å². The maximum atomic E-state index is 11.5. The highest BCUT2D eigenvalue weighted by atomic mass is 16.5. The van der Waals surface area contributed by atoms with Crippen molar-refractivity contribution in [2.24, 2.45) is 0 Å². The second-order valence-corrected chi connectivity index (χ2v) is 4.66. The van der Waals surface area contributed by atoms with E-state index in [-0.39, 0.29) is 18.6 Å². The third-order valence-corrected chi connectivity index (χ3v) is 2.99. The van der Waals surface area contributed by atoms with Gasteiger partial charge in [-0.25, -0.2) is 0 Å². The van der Waals surface area contributed by atoms with Gasteiger partial charge in [-0.05, 0) is 33.1 Å². The van der Waals surface area contributed by atoms with Crippen molar-refractivity contribution in [2.45, 2.75) is 58.2 Å². The fourth-order valence-electron chi connectivity index (χ4n) is 2.08. The Kier molecular flexibility index (Phi) is 5.77. The van der Waals surface area contributed by atoms with E-state index in [2.05, 4.69) is 24.5 Å². The molecule has 1 heterocycles. The average Bonchev–Trinajstić information content (AvgIpc) is 2.23.